The highest BCUT2D eigenvalue weighted by Gasteiger charge is 2.29. The van der Waals surface area contributed by atoms with E-state index in [2.05, 4.69) is 55.2 Å². The molecule has 5 nitrogen and oxygen atoms in total. The van der Waals surface area contributed by atoms with Crippen molar-refractivity contribution in [3.63, 3.8) is 0 Å². The molecular weight excluding hydrogens is 252 g/mol. The number of hydrogen-bond acceptors (Lipinski definition) is 4. The lowest BCUT2D eigenvalue weighted by molar-refractivity contribution is -0.121. The van der Waals surface area contributed by atoms with Gasteiger partial charge in [-0.1, -0.05) is 6.92 Å². The summed E-state index contributed by atoms with van der Waals surface area (Å²) in [7, 11) is 2.16. The van der Waals surface area contributed by atoms with Crippen LogP contribution in [-0.2, 0) is 4.79 Å². The first kappa shape index (κ1) is 17.4. The van der Waals surface area contributed by atoms with Crippen LogP contribution in [0.25, 0.3) is 0 Å². The van der Waals surface area contributed by atoms with E-state index in [4.69, 9.17) is 0 Å². The van der Waals surface area contributed by atoms with Gasteiger partial charge in [-0.3, -0.25) is 9.69 Å². The second-order valence-electron chi connectivity index (χ2n) is 6.57. The predicted molar refractivity (Wildman–Crippen MR) is 83.9 cm³/mol. The van der Waals surface area contributed by atoms with Crippen LogP contribution in [0.15, 0.2) is 0 Å². The van der Waals surface area contributed by atoms with Gasteiger partial charge in [-0.05, 0) is 34.2 Å². The lowest BCUT2D eigenvalue weighted by atomic mass is 10.0. The third-order valence-electron chi connectivity index (χ3n) is 4.30. The number of rotatable bonds is 7. The van der Waals surface area contributed by atoms with Gasteiger partial charge in [0, 0.05) is 44.3 Å². The fourth-order valence-electron chi connectivity index (χ4n) is 2.31. The molecule has 0 bridgehead atoms. The van der Waals surface area contributed by atoms with E-state index in [1.165, 1.54) is 0 Å². The first-order chi connectivity index (χ1) is 9.35. The predicted octanol–water partition coefficient (Wildman–Crippen LogP) is 0.517. The molecule has 118 valence electrons. The van der Waals surface area contributed by atoms with Gasteiger partial charge in [0.2, 0.25) is 5.91 Å². The van der Waals surface area contributed by atoms with Crippen molar-refractivity contribution in [1.82, 2.24) is 20.4 Å². The molecule has 0 spiro atoms. The Morgan fingerprint density at radius 2 is 1.85 bits per heavy atom. The van der Waals surface area contributed by atoms with Gasteiger partial charge in [-0.2, -0.15) is 0 Å². The van der Waals surface area contributed by atoms with Crippen molar-refractivity contribution in [2.45, 2.75) is 45.7 Å². The van der Waals surface area contributed by atoms with Gasteiger partial charge in [-0.15, -0.1) is 0 Å². The highest BCUT2D eigenvalue weighted by atomic mass is 16.1. The highest BCUT2D eigenvalue weighted by molar-refractivity contribution is 5.78. The van der Waals surface area contributed by atoms with Crippen molar-refractivity contribution in [3.8, 4) is 0 Å². The number of carbonyl (C=O) groups excluding carboxylic acids is 1. The zero-order chi connectivity index (χ0) is 15.2. The summed E-state index contributed by atoms with van der Waals surface area (Å²) in [6, 6.07) is 0.395. The van der Waals surface area contributed by atoms with Gasteiger partial charge in [0.05, 0.1) is 6.54 Å². The van der Waals surface area contributed by atoms with Crippen LogP contribution < -0.4 is 10.6 Å². The largest absolute Gasteiger partial charge is 0.353 e. The molecule has 0 radical (unpaired) electrons. The summed E-state index contributed by atoms with van der Waals surface area (Å²) < 4.78 is 0. The van der Waals surface area contributed by atoms with Crippen molar-refractivity contribution in [3.05, 3.63) is 0 Å². The maximum Gasteiger partial charge on any atom is 0.234 e. The van der Waals surface area contributed by atoms with Crippen LogP contribution in [0.3, 0.4) is 0 Å². The molecule has 0 aromatic heterocycles. The second-order valence-corrected chi connectivity index (χ2v) is 6.57. The first-order valence-corrected chi connectivity index (χ1v) is 7.79. The summed E-state index contributed by atoms with van der Waals surface area (Å²) in [6.07, 6.45) is 1.04. The summed E-state index contributed by atoms with van der Waals surface area (Å²) >= 11 is 0. The van der Waals surface area contributed by atoms with Crippen molar-refractivity contribution in [1.29, 1.82) is 0 Å². The Morgan fingerprint density at radius 3 is 2.40 bits per heavy atom. The average molecular weight is 284 g/mol. The quantitative estimate of drug-likeness (QED) is 0.715. The molecule has 20 heavy (non-hydrogen) atoms. The summed E-state index contributed by atoms with van der Waals surface area (Å²) in [5.41, 5.74) is 0.0211. The van der Waals surface area contributed by atoms with Gasteiger partial charge >= 0.3 is 0 Å². The summed E-state index contributed by atoms with van der Waals surface area (Å²) in [4.78, 5) is 16.7. The molecule has 0 aliphatic carbocycles. The third-order valence-corrected chi connectivity index (χ3v) is 4.30. The van der Waals surface area contributed by atoms with Crippen LogP contribution >= 0.6 is 0 Å². The zero-order valence-corrected chi connectivity index (χ0v) is 13.8. The lowest BCUT2D eigenvalue weighted by Gasteiger charge is -2.43. The Balaban J connectivity index is 2.29. The third kappa shape index (κ3) is 5.77. The number of nitrogens with one attached hydrogen (secondary N) is 2. The number of amides is 1. The van der Waals surface area contributed by atoms with E-state index in [-0.39, 0.29) is 11.4 Å². The van der Waals surface area contributed by atoms with E-state index in [1.54, 1.807) is 0 Å². The molecule has 1 rings (SSSR count). The molecule has 0 aromatic rings. The summed E-state index contributed by atoms with van der Waals surface area (Å²) in [6.45, 7) is 14.1. The van der Waals surface area contributed by atoms with Gasteiger partial charge in [0.25, 0.3) is 0 Å². The van der Waals surface area contributed by atoms with E-state index >= 15 is 0 Å². The van der Waals surface area contributed by atoms with E-state index in [0.717, 1.165) is 32.6 Å². The van der Waals surface area contributed by atoms with Crippen LogP contribution in [0, 0.1) is 0 Å². The first-order valence-electron chi connectivity index (χ1n) is 7.79. The smallest absolute Gasteiger partial charge is 0.234 e. The number of piperazine rings is 1. The molecule has 0 saturated carbocycles. The number of carbonyl (C=O) groups is 1. The van der Waals surface area contributed by atoms with Crippen molar-refractivity contribution >= 4 is 5.91 Å². The standard InChI is InChI=1S/C15H32N4O/c1-6-13(2)16-11-14(20)17-12-15(3,4)19-9-7-18(5)8-10-19/h13,16H,6-12H2,1-5H3,(H,17,20). The molecule has 0 aromatic carbocycles. The summed E-state index contributed by atoms with van der Waals surface area (Å²) in [5.74, 6) is 0.0903. The van der Waals surface area contributed by atoms with E-state index in [9.17, 15) is 4.79 Å². The molecular formula is C15H32N4O. The monoisotopic (exact) mass is 284 g/mol. The minimum absolute atomic E-state index is 0.0211. The molecule has 1 amide bonds. The Morgan fingerprint density at radius 1 is 1.25 bits per heavy atom. The minimum Gasteiger partial charge on any atom is -0.353 e. The van der Waals surface area contributed by atoms with Crippen molar-refractivity contribution in [2.75, 3.05) is 46.3 Å². The highest BCUT2D eigenvalue weighted by Crippen LogP contribution is 2.15. The molecule has 1 unspecified atom stereocenters. The molecule has 1 saturated heterocycles. The SMILES string of the molecule is CCC(C)NCC(=O)NCC(C)(C)N1CCN(C)CC1. The molecule has 1 atom stereocenters. The fourth-order valence-corrected chi connectivity index (χ4v) is 2.31. The van der Waals surface area contributed by atoms with Crippen LogP contribution in [-0.4, -0.2) is 73.6 Å². The number of hydrogen-bond donors (Lipinski definition) is 2. The number of nitrogens with zero attached hydrogens (tertiary/aromatic N) is 2. The molecule has 1 heterocycles. The summed E-state index contributed by atoms with van der Waals surface area (Å²) in [5, 5.41) is 6.28. The van der Waals surface area contributed by atoms with Gasteiger partial charge in [-0.25, -0.2) is 0 Å². The minimum atomic E-state index is 0.0211. The van der Waals surface area contributed by atoms with Crippen LogP contribution in [0.2, 0.25) is 0 Å². The van der Waals surface area contributed by atoms with Crippen molar-refractivity contribution in [2.24, 2.45) is 0 Å². The van der Waals surface area contributed by atoms with Gasteiger partial charge < -0.3 is 15.5 Å². The van der Waals surface area contributed by atoms with Gasteiger partial charge in [0.1, 0.15) is 0 Å². The normalized spacial score (nSPS) is 19.9. The molecule has 1 aliphatic heterocycles. The maximum atomic E-state index is 11.8. The van der Waals surface area contributed by atoms with Crippen molar-refractivity contribution < 1.29 is 4.79 Å². The Kier molecular flexibility index (Phi) is 6.92. The topological polar surface area (TPSA) is 47.6 Å². The van der Waals surface area contributed by atoms with Gasteiger partial charge in [0.15, 0.2) is 0 Å². The zero-order valence-electron chi connectivity index (χ0n) is 13.8. The van der Waals surface area contributed by atoms with E-state index in [0.29, 0.717) is 19.1 Å². The second kappa shape index (κ2) is 7.96. The Labute approximate surface area is 124 Å². The molecule has 5 heteroatoms. The number of likely N-dealkylation sites (N-methyl/N-ethyl adjacent to an activating group) is 1. The van der Waals surface area contributed by atoms with E-state index in [1.807, 2.05) is 0 Å². The van der Waals surface area contributed by atoms with Crippen LogP contribution in [0.5, 0.6) is 0 Å². The van der Waals surface area contributed by atoms with E-state index < -0.39 is 0 Å². The average Bonchev–Trinajstić information content (AvgIpc) is 2.43. The lowest BCUT2D eigenvalue weighted by Crippen LogP contribution is -2.58. The van der Waals surface area contributed by atoms with Crippen LogP contribution in [0.1, 0.15) is 34.1 Å². The Bertz CT molecular complexity index is 298. The molecule has 1 aliphatic rings. The maximum absolute atomic E-state index is 11.8. The molecule has 1 fully saturated rings. The van der Waals surface area contributed by atoms with Crippen LogP contribution in [0.4, 0.5) is 0 Å². The Hall–Kier alpha value is -0.650. The fraction of sp³-hybridized carbons (Fsp3) is 0.933. The molecule has 2 N–H and O–H groups in total.